The molecule has 0 aromatic rings. The van der Waals surface area contributed by atoms with Crippen LogP contribution in [0.2, 0.25) is 0 Å². The van der Waals surface area contributed by atoms with Crippen LogP contribution in [0, 0.1) is 5.92 Å². The van der Waals surface area contributed by atoms with Crippen LogP contribution in [-0.4, -0.2) is 34.6 Å². The molecule has 1 fully saturated rings. The predicted octanol–water partition coefficient (Wildman–Crippen LogP) is 1.97. The van der Waals surface area contributed by atoms with Crippen molar-refractivity contribution in [2.45, 2.75) is 45.6 Å². The number of likely N-dealkylation sites (tertiary alicyclic amines) is 1. The zero-order chi connectivity index (χ0) is 10.8. The van der Waals surface area contributed by atoms with Gasteiger partial charge in [-0.15, -0.1) is 0 Å². The van der Waals surface area contributed by atoms with E-state index < -0.39 is 11.5 Å². The van der Waals surface area contributed by atoms with Gasteiger partial charge in [0.25, 0.3) is 0 Å². The number of carboxylic acid groups (broad SMARTS) is 1. The van der Waals surface area contributed by atoms with Gasteiger partial charge >= 0.3 is 5.97 Å². The predicted molar refractivity (Wildman–Crippen MR) is 56.3 cm³/mol. The monoisotopic (exact) mass is 199 g/mol. The summed E-state index contributed by atoms with van der Waals surface area (Å²) in [7, 11) is 0. The molecule has 0 aromatic heterocycles. The molecular formula is C11H21NO2. The van der Waals surface area contributed by atoms with E-state index in [0.29, 0.717) is 5.92 Å². The third kappa shape index (κ3) is 1.92. The molecule has 1 aliphatic rings. The van der Waals surface area contributed by atoms with E-state index in [1.165, 1.54) is 6.42 Å². The molecule has 14 heavy (non-hydrogen) atoms. The third-order valence-electron chi connectivity index (χ3n) is 3.43. The van der Waals surface area contributed by atoms with Crippen LogP contribution < -0.4 is 0 Å². The second-order valence-corrected chi connectivity index (χ2v) is 4.51. The van der Waals surface area contributed by atoms with Crippen LogP contribution in [0.3, 0.4) is 0 Å². The Balaban J connectivity index is 2.57. The average molecular weight is 199 g/mol. The van der Waals surface area contributed by atoms with Crippen molar-refractivity contribution in [3.05, 3.63) is 0 Å². The Morgan fingerprint density at radius 3 is 2.43 bits per heavy atom. The minimum absolute atomic E-state index is 0.625. The van der Waals surface area contributed by atoms with Crippen LogP contribution in [0.15, 0.2) is 0 Å². The molecule has 1 aliphatic heterocycles. The normalized spacial score (nSPS) is 22.8. The van der Waals surface area contributed by atoms with Crippen molar-refractivity contribution in [3.8, 4) is 0 Å². The Morgan fingerprint density at radius 1 is 1.50 bits per heavy atom. The van der Waals surface area contributed by atoms with Crippen LogP contribution in [0.25, 0.3) is 0 Å². The van der Waals surface area contributed by atoms with Gasteiger partial charge < -0.3 is 5.11 Å². The maximum Gasteiger partial charge on any atom is 0.323 e. The maximum atomic E-state index is 11.2. The van der Waals surface area contributed by atoms with Crippen molar-refractivity contribution in [3.63, 3.8) is 0 Å². The molecule has 82 valence electrons. The van der Waals surface area contributed by atoms with Crippen molar-refractivity contribution >= 4 is 5.97 Å². The smallest absolute Gasteiger partial charge is 0.323 e. The molecule has 0 spiro atoms. The first-order valence-electron chi connectivity index (χ1n) is 5.53. The first-order chi connectivity index (χ1) is 6.54. The number of carbonyl (C=O) groups is 1. The van der Waals surface area contributed by atoms with Gasteiger partial charge in [-0.1, -0.05) is 26.7 Å². The highest BCUT2D eigenvalue weighted by Gasteiger charge is 2.44. The molecule has 1 saturated heterocycles. The van der Waals surface area contributed by atoms with E-state index in [1.54, 1.807) is 0 Å². The molecule has 1 atom stereocenters. The van der Waals surface area contributed by atoms with Crippen molar-refractivity contribution in [1.29, 1.82) is 0 Å². The molecule has 1 rings (SSSR count). The van der Waals surface area contributed by atoms with Gasteiger partial charge in [0.1, 0.15) is 5.54 Å². The molecule has 1 heterocycles. The van der Waals surface area contributed by atoms with Gasteiger partial charge in [-0.05, 0) is 19.3 Å². The van der Waals surface area contributed by atoms with Crippen LogP contribution in [-0.2, 0) is 4.79 Å². The van der Waals surface area contributed by atoms with Gasteiger partial charge in [0.2, 0.25) is 0 Å². The molecule has 0 aromatic carbocycles. The van der Waals surface area contributed by atoms with Gasteiger partial charge in [-0.3, -0.25) is 9.69 Å². The molecular weight excluding hydrogens is 178 g/mol. The van der Waals surface area contributed by atoms with E-state index in [1.807, 2.05) is 13.8 Å². The Kier molecular flexibility index (Phi) is 3.53. The van der Waals surface area contributed by atoms with E-state index in [0.717, 1.165) is 25.9 Å². The lowest BCUT2D eigenvalue weighted by molar-refractivity contribution is -0.156. The average Bonchev–Trinajstić information content (AvgIpc) is 2.02. The number of rotatable bonds is 5. The SMILES string of the molecule is CCCC(C)(C(=O)O)N1CC(CC)C1. The number of hydrogen-bond donors (Lipinski definition) is 1. The fourth-order valence-electron chi connectivity index (χ4n) is 2.12. The van der Waals surface area contributed by atoms with Crippen LogP contribution in [0.5, 0.6) is 0 Å². The first kappa shape index (κ1) is 11.5. The van der Waals surface area contributed by atoms with E-state index in [4.69, 9.17) is 0 Å². The third-order valence-corrected chi connectivity index (χ3v) is 3.43. The molecule has 0 aliphatic carbocycles. The number of hydrogen-bond acceptors (Lipinski definition) is 2. The highest BCUT2D eigenvalue weighted by molar-refractivity contribution is 5.78. The standard InChI is InChI=1S/C11H21NO2/c1-4-6-11(3,10(13)14)12-7-9(5-2)8-12/h9H,4-8H2,1-3H3,(H,13,14). The lowest BCUT2D eigenvalue weighted by Crippen LogP contribution is -2.61. The molecule has 3 heteroatoms. The summed E-state index contributed by atoms with van der Waals surface area (Å²) in [4.78, 5) is 13.3. The van der Waals surface area contributed by atoms with Gasteiger partial charge in [-0.2, -0.15) is 0 Å². The second-order valence-electron chi connectivity index (χ2n) is 4.51. The van der Waals surface area contributed by atoms with Gasteiger partial charge in [0.05, 0.1) is 0 Å². The zero-order valence-electron chi connectivity index (χ0n) is 9.42. The van der Waals surface area contributed by atoms with Gasteiger partial charge in [0, 0.05) is 13.1 Å². The minimum atomic E-state index is -0.672. The van der Waals surface area contributed by atoms with Crippen molar-refractivity contribution < 1.29 is 9.90 Å². The lowest BCUT2D eigenvalue weighted by atomic mass is 9.86. The van der Waals surface area contributed by atoms with Crippen LogP contribution in [0.1, 0.15) is 40.0 Å². The summed E-state index contributed by atoms with van der Waals surface area (Å²) in [5.41, 5.74) is -0.625. The molecule has 3 nitrogen and oxygen atoms in total. The highest BCUT2D eigenvalue weighted by atomic mass is 16.4. The summed E-state index contributed by atoms with van der Waals surface area (Å²) in [5.74, 6) is 0.0411. The zero-order valence-corrected chi connectivity index (χ0v) is 9.42. The molecule has 1 N–H and O–H groups in total. The van der Waals surface area contributed by atoms with E-state index in [9.17, 15) is 9.90 Å². The van der Waals surface area contributed by atoms with Crippen LogP contribution >= 0.6 is 0 Å². The summed E-state index contributed by atoms with van der Waals surface area (Å²) in [5, 5.41) is 9.22. The van der Waals surface area contributed by atoms with Crippen molar-refractivity contribution in [2.24, 2.45) is 5.92 Å². The summed E-state index contributed by atoms with van der Waals surface area (Å²) >= 11 is 0. The fourth-order valence-corrected chi connectivity index (χ4v) is 2.12. The highest BCUT2D eigenvalue weighted by Crippen LogP contribution is 2.31. The quantitative estimate of drug-likeness (QED) is 0.736. The summed E-state index contributed by atoms with van der Waals surface area (Å²) < 4.78 is 0. The maximum absolute atomic E-state index is 11.2. The summed E-state index contributed by atoms with van der Waals surface area (Å²) in [6.07, 6.45) is 2.84. The lowest BCUT2D eigenvalue weighted by Gasteiger charge is -2.48. The number of carboxylic acids is 1. The Morgan fingerprint density at radius 2 is 2.07 bits per heavy atom. The van der Waals surface area contributed by atoms with Crippen LogP contribution in [0.4, 0.5) is 0 Å². The topological polar surface area (TPSA) is 40.5 Å². The van der Waals surface area contributed by atoms with Gasteiger partial charge in [0.15, 0.2) is 0 Å². The summed E-state index contributed by atoms with van der Waals surface area (Å²) in [6.45, 7) is 7.97. The molecule has 0 saturated carbocycles. The van der Waals surface area contributed by atoms with E-state index in [-0.39, 0.29) is 0 Å². The largest absolute Gasteiger partial charge is 0.480 e. The van der Waals surface area contributed by atoms with Crippen molar-refractivity contribution in [1.82, 2.24) is 4.90 Å². The fraction of sp³-hybridized carbons (Fsp3) is 0.909. The van der Waals surface area contributed by atoms with Crippen molar-refractivity contribution in [2.75, 3.05) is 13.1 Å². The number of aliphatic carboxylic acids is 1. The molecule has 0 amide bonds. The molecule has 0 radical (unpaired) electrons. The Hall–Kier alpha value is -0.570. The Labute approximate surface area is 86.1 Å². The first-order valence-corrected chi connectivity index (χ1v) is 5.53. The molecule has 1 unspecified atom stereocenters. The molecule has 0 bridgehead atoms. The van der Waals surface area contributed by atoms with E-state index in [2.05, 4.69) is 11.8 Å². The van der Waals surface area contributed by atoms with E-state index >= 15 is 0 Å². The number of nitrogens with zero attached hydrogens (tertiary/aromatic N) is 1. The van der Waals surface area contributed by atoms with Gasteiger partial charge in [-0.25, -0.2) is 0 Å². The summed E-state index contributed by atoms with van der Waals surface area (Å²) in [6, 6.07) is 0. The minimum Gasteiger partial charge on any atom is -0.480 e. The second kappa shape index (κ2) is 4.30. The Bertz CT molecular complexity index is 211.